The number of pyridine rings is 1. The van der Waals surface area contributed by atoms with E-state index in [-0.39, 0.29) is 12.0 Å². The predicted molar refractivity (Wildman–Crippen MR) is 140 cm³/mol. The van der Waals surface area contributed by atoms with Gasteiger partial charge < -0.3 is 15.0 Å². The highest BCUT2D eigenvalue weighted by atomic mass is 16.3. The highest BCUT2D eigenvalue weighted by Crippen LogP contribution is 2.44. The van der Waals surface area contributed by atoms with Gasteiger partial charge in [0, 0.05) is 48.1 Å². The molecular weight excluding hydrogens is 450 g/mol. The molecule has 8 heteroatoms. The van der Waals surface area contributed by atoms with E-state index in [1.807, 2.05) is 7.05 Å². The smallest absolute Gasteiger partial charge is 0.140 e. The zero-order valence-corrected chi connectivity index (χ0v) is 21.3. The van der Waals surface area contributed by atoms with Gasteiger partial charge >= 0.3 is 0 Å². The van der Waals surface area contributed by atoms with Crippen LogP contribution in [0.5, 0.6) is 0 Å². The molecule has 3 heterocycles. The molecule has 8 nitrogen and oxygen atoms in total. The van der Waals surface area contributed by atoms with Crippen LogP contribution in [0.4, 0.5) is 0 Å². The molecule has 3 aromatic heterocycles. The normalized spacial score (nSPS) is 18.8. The first-order valence-corrected chi connectivity index (χ1v) is 13.2. The summed E-state index contributed by atoms with van der Waals surface area (Å²) in [4.78, 5) is 5.05. The molecule has 4 aromatic rings. The standard InChI is InChI=1S/C28H35N7O/c1-16(36)14-29-17(2)25-27-22(13-23(31-25)18-10-11-18)26(32-33-27)21-9-5-8-20(12-21)24(19-6-4-7-19)28-34-30-15-35(28)3/h5,8-9,12-13,15-19,24,29,36H,4,6-7,10-11,14H2,1-3H3,(H,32,33)/t16-,17-,24+/m0/s1. The van der Waals surface area contributed by atoms with Crippen molar-refractivity contribution in [3.63, 3.8) is 0 Å². The number of rotatable bonds is 9. The Hall–Kier alpha value is -3.10. The lowest BCUT2D eigenvalue weighted by Crippen LogP contribution is -2.28. The van der Waals surface area contributed by atoms with Crippen LogP contribution in [0.2, 0.25) is 0 Å². The lowest BCUT2D eigenvalue weighted by Gasteiger charge is -2.33. The maximum Gasteiger partial charge on any atom is 0.140 e. The maximum atomic E-state index is 9.77. The van der Waals surface area contributed by atoms with Crippen LogP contribution in [-0.4, -0.2) is 47.7 Å². The topological polar surface area (TPSA) is 105 Å². The monoisotopic (exact) mass is 485 g/mol. The van der Waals surface area contributed by atoms with E-state index in [0.29, 0.717) is 18.4 Å². The molecule has 6 rings (SSSR count). The molecule has 2 saturated carbocycles. The minimum absolute atomic E-state index is 0.000605. The van der Waals surface area contributed by atoms with Crippen LogP contribution in [0.1, 0.15) is 86.6 Å². The number of aryl methyl sites for hydroxylation is 1. The van der Waals surface area contributed by atoms with Gasteiger partial charge in [0.25, 0.3) is 0 Å². The third-order valence-corrected chi connectivity index (χ3v) is 7.89. The second kappa shape index (κ2) is 9.41. The van der Waals surface area contributed by atoms with Crippen molar-refractivity contribution in [1.29, 1.82) is 0 Å². The second-order valence-corrected chi connectivity index (χ2v) is 10.8. The van der Waals surface area contributed by atoms with Crippen LogP contribution in [0.15, 0.2) is 36.7 Å². The van der Waals surface area contributed by atoms with Gasteiger partial charge in [0.15, 0.2) is 0 Å². The number of aliphatic hydroxyl groups is 1. The molecule has 0 unspecified atom stereocenters. The Morgan fingerprint density at radius 2 is 2.00 bits per heavy atom. The van der Waals surface area contributed by atoms with Crippen molar-refractivity contribution < 1.29 is 5.11 Å². The first kappa shape index (κ1) is 23.3. The Balaban J connectivity index is 1.42. The quantitative estimate of drug-likeness (QED) is 0.320. The van der Waals surface area contributed by atoms with E-state index in [1.54, 1.807) is 13.3 Å². The lowest BCUT2D eigenvalue weighted by atomic mass is 9.72. The van der Waals surface area contributed by atoms with Crippen LogP contribution in [-0.2, 0) is 7.05 Å². The van der Waals surface area contributed by atoms with Gasteiger partial charge in [-0.05, 0) is 63.1 Å². The third-order valence-electron chi connectivity index (χ3n) is 7.89. The Morgan fingerprint density at radius 3 is 2.67 bits per heavy atom. The average Bonchev–Trinajstić information content (AvgIpc) is 3.48. The summed E-state index contributed by atoms with van der Waals surface area (Å²) in [5.74, 6) is 2.40. The number of nitrogens with zero attached hydrogens (tertiary/aromatic N) is 5. The highest BCUT2D eigenvalue weighted by molar-refractivity contribution is 5.94. The molecule has 0 aliphatic heterocycles. The van der Waals surface area contributed by atoms with E-state index in [2.05, 4.69) is 62.4 Å². The lowest BCUT2D eigenvalue weighted by molar-refractivity contribution is 0.187. The molecule has 0 spiro atoms. The number of fused-ring (bicyclic) bond motifs is 1. The van der Waals surface area contributed by atoms with E-state index in [0.717, 1.165) is 39.4 Å². The van der Waals surface area contributed by atoms with Gasteiger partial charge in [-0.25, -0.2) is 0 Å². The van der Waals surface area contributed by atoms with E-state index < -0.39 is 6.10 Å². The van der Waals surface area contributed by atoms with E-state index >= 15 is 0 Å². The number of hydrogen-bond acceptors (Lipinski definition) is 6. The fourth-order valence-corrected chi connectivity index (χ4v) is 5.49. The molecule has 3 N–H and O–H groups in total. The van der Waals surface area contributed by atoms with Crippen LogP contribution < -0.4 is 5.32 Å². The molecule has 36 heavy (non-hydrogen) atoms. The zero-order chi connectivity index (χ0) is 24.8. The van der Waals surface area contributed by atoms with Gasteiger partial charge in [0.2, 0.25) is 0 Å². The largest absolute Gasteiger partial charge is 0.392 e. The van der Waals surface area contributed by atoms with Crippen molar-refractivity contribution in [1.82, 2.24) is 35.3 Å². The average molecular weight is 486 g/mol. The van der Waals surface area contributed by atoms with Gasteiger partial charge in [0.05, 0.1) is 17.3 Å². The van der Waals surface area contributed by atoms with Gasteiger partial charge in [-0.2, -0.15) is 5.10 Å². The highest BCUT2D eigenvalue weighted by Gasteiger charge is 2.33. The Morgan fingerprint density at radius 1 is 1.17 bits per heavy atom. The van der Waals surface area contributed by atoms with Gasteiger partial charge in [-0.1, -0.05) is 24.6 Å². The minimum atomic E-state index is -0.410. The summed E-state index contributed by atoms with van der Waals surface area (Å²) in [6, 6.07) is 11.0. The second-order valence-electron chi connectivity index (χ2n) is 10.8. The predicted octanol–water partition coefficient (Wildman–Crippen LogP) is 4.59. The number of aromatic nitrogens is 6. The summed E-state index contributed by atoms with van der Waals surface area (Å²) in [7, 11) is 2.03. The molecule has 188 valence electrons. The summed E-state index contributed by atoms with van der Waals surface area (Å²) in [6.45, 7) is 4.42. The van der Waals surface area contributed by atoms with Crippen LogP contribution >= 0.6 is 0 Å². The fraction of sp³-hybridized carbons (Fsp3) is 0.500. The molecule has 2 aliphatic rings. The Kier molecular flexibility index (Phi) is 6.09. The summed E-state index contributed by atoms with van der Waals surface area (Å²) < 4.78 is 2.06. The summed E-state index contributed by atoms with van der Waals surface area (Å²) in [5.41, 5.74) is 6.42. The molecule has 0 amide bonds. The van der Waals surface area contributed by atoms with Crippen LogP contribution in [0, 0.1) is 5.92 Å². The molecule has 3 atom stereocenters. The minimum Gasteiger partial charge on any atom is -0.392 e. The first-order chi connectivity index (χ1) is 17.5. The maximum absolute atomic E-state index is 9.77. The van der Waals surface area contributed by atoms with Crippen molar-refractivity contribution in [3.05, 3.63) is 59.4 Å². The molecule has 0 saturated heterocycles. The number of aromatic amines is 1. The number of benzene rings is 1. The van der Waals surface area contributed by atoms with Gasteiger partial charge in [0.1, 0.15) is 17.8 Å². The summed E-state index contributed by atoms with van der Waals surface area (Å²) in [6.07, 6.45) is 7.51. The Labute approximate surface area is 211 Å². The summed E-state index contributed by atoms with van der Waals surface area (Å²) in [5, 5.41) is 31.1. The Bertz CT molecular complexity index is 1370. The van der Waals surface area contributed by atoms with Crippen LogP contribution in [0.3, 0.4) is 0 Å². The van der Waals surface area contributed by atoms with Crippen molar-refractivity contribution in [3.8, 4) is 11.3 Å². The van der Waals surface area contributed by atoms with Crippen molar-refractivity contribution in [2.24, 2.45) is 13.0 Å². The van der Waals surface area contributed by atoms with Crippen LogP contribution in [0.25, 0.3) is 22.2 Å². The molecule has 0 radical (unpaired) electrons. The molecule has 1 aromatic carbocycles. The van der Waals surface area contributed by atoms with Gasteiger partial charge in [-0.3, -0.25) is 10.1 Å². The van der Waals surface area contributed by atoms with E-state index in [1.165, 1.54) is 37.7 Å². The van der Waals surface area contributed by atoms with Gasteiger partial charge in [-0.15, -0.1) is 10.2 Å². The zero-order valence-electron chi connectivity index (χ0n) is 21.3. The number of hydrogen-bond donors (Lipinski definition) is 3. The van der Waals surface area contributed by atoms with E-state index in [4.69, 9.17) is 10.1 Å². The molecular formula is C28H35N7O. The summed E-state index contributed by atoms with van der Waals surface area (Å²) >= 11 is 0. The van der Waals surface area contributed by atoms with E-state index in [9.17, 15) is 5.11 Å². The fourth-order valence-electron chi connectivity index (χ4n) is 5.49. The van der Waals surface area contributed by atoms with Crippen molar-refractivity contribution >= 4 is 10.9 Å². The van der Waals surface area contributed by atoms with Crippen molar-refractivity contribution in [2.45, 2.75) is 69.9 Å². The number of aliphatic hydroxyl groups excluding tert-OH is 1. The molecule has 2 aliphatic carbocycles. The number of nitrogens with one attached hydrogen (secondary N) is 2. The third kappa shape index (κ3) is 4.33. The number of H-pyrrole nitrogens is 1. The SMILES string of the molecule is C[C@H](O)CN[C@@H](C)c1nc(C2CC2)cc2c(-c3cccc([C@H](c4nncn4C)C4CCC4)c3)n[nH]c12. The molecule has 0 bridgehead atoms. The molecule has 2 fully saturated rings. The van der Waals surface area contributed by atoms with Crippen molar-refractivity contribution in [2.75, 3.05) is 6.54 Å². The first-order valence-electron chi connectivity index (χ1n) is 13.2.